The van der Waals surface area contributed by atoms with Crippen molar-refractivity contribution in [1.29, 1.82) is 0 Å². The largest absolute Gasteiger partial charge is 2.00 e. The Morgan fingerprint density at radius 2 is 1.90 bits per heavy atom. The summed E-state index contributed by atoms with van der Waals surface area (Å²) in [5, 5.41) is 14.7. The molecule has 0 fully saturated rings. The molecule has 29 heavy (non-hydrogen) atoms. The Morgan fingerprint density at radius 1 is 1.14 bits per heavy atom. The number of aryl methyl sites for hydroxylation is 1. The van der Waals surface area contributed by atoms with Crippen LogP contribution < -0.4 is 32.0 Å². The first kappa shape index (κ1) is 24.6. The van der Waals surface area contributed by atoms with Crippen LogP contribution in [0.4, 0.5) is 0 Å². The van der Waals surface area contributed by atoms with E-state index in [2.05, 4.69) is 14.9 Å². The number of imidazole rings is 1. The number of halogens is 1. The topological polar surface area (TPSA) is 56.8 Å². The molecule has 1 aliphatic rings. The number of rotatable bonds is 6. The second-order valence-electron chi connectivity index (χ2n) is 5.99. The van der Waals surface area contributed by atoms with E-state index >= 15 is 0 Å². The molecule has 0 unspecified atom stereocenters. The van der Waals surface area contributed by atoms with E-state index in [1.807, 2.05) is 96.1 Å². The van der Waals surface area contributed by atoms with E-state index in [1.165, 1.54) is 0 Å². The Bertz CT molecular complexity index is 871. The van der Waals surface area contributed by atoms with Gasteiger partial charge in [0.05, 0.1) is 6.54 Å². The molecule has 1 N–H and O–H groups in total. The molecule has 1 aromatic carbocycles. The summed E-state index contributed by atoms with van der Waals surface area (Å²) in [6.45, 7) is 1.51. The van der Waals surface area contributed by atoms with Gasteiger partial charge in [-0.3, -0.25) is 0 Å². The molecule has 152 valence electrons. The van der Waals surface area contributed by atoms with E-state index in [9.17, 15) is 5.11 Å². The molecule has 2 aromatic heterocycles. The van der Waals surface area contributed by atoms with Gasteiger partial charge in [-0.15, -0.1) is 0 Å². The molecule has 0 radical (unpaired) electrons. The van der Waals surface area contributed by atoms with Crippen molar-refractivity contribution in [2.75, 3.05) is 6.54 Å². The van der Waals surface area contributed by atoms with Gasteiger partial charge in [0.1, 0.15) is 12.4 Å². The maximum absolute atomic E-state index is 11.8. The number of aromatic nitrogens is 3. The molecule has 0 bridgehead atoms. The first-order valence-corrected chi connectivity index (χ1v) is 8.98. The fourth-order valence-electron chi connectivity index (χ4n) is 2.58. The third kappa shape index (κ3) is 8.20. The fourth-order valence-corrected chi connectivity index (χ4v) is 2.58. The normalized spacial score (nSPS) is 11.1. The maximum atomic E-state index is 11.8. The second kappa shape index (κ2) is 13.7. The molecule has 0 saturated heterocycles. The van der Waals surface area contributed by atoms with Crippen molar-refractivity contribution in [3.05, 3.63) is 109 Å². The van der Waals surface area contributed by atoms with E-state index in [0.29, 0.717) is 12.1 Å². The van der Waals surface area contributed by atoms with Crippen LogP contribution in [-0.4, -0.2) is 16.1 Å². The first-order valence-electron chi connectivity index (χ1n) is 8.98. The van der Waals surface area contributed by atoms with Crippen molar-refractivity contribution in [3.8, 4) is 5.82 Å². The summed E-state index contributed by atoms with van der Waals surface area (Å²) in [6.07, 6.45) is 16.0. The monoisotopic (exact) mass is 494 g/mol. The predicted octanol–water partition coefficient (Wildman–Crippen LogP) is -0.756. The van der Waals surface area contributed by atoms with E-state index in [4.69, 9.17) is 0 Å². The van der Waals surface area contributed by atoms with Crippen LogP contribution in [0.1, 0.15) is 6.42 Å². The first-order chi connectivity index (χ1) is 13.3. The van der Waals surface area contributed by atoms with Gasteiger partial charge in [-0.2, -0.15) is 22.8 Å². The Hall–Kier alpha value is -2.47. The quantitative estimate of drug-likeness (QED) is 0.161. The Kier molecular flexibility index (Phi) is 11.6. The molecular weight excluding hydrogens is 472 g/mol. The fraction of sp³-hybridized carbons (Fsp3) is 0.136. The number of nitrogens with zero attached hydrogens (tertiary/aromatic N) is 3. The Labute approximate surface area is 192 Å². The molecule has 3 aromatic rings. The van der Waals surface area contributed by atoms with Crippen molar-refractivity contribution in [3.63, 3.8) is 0 Å². The third-order valence-electron chi connectivity index (χ3n) is 3.96. The SMILES string of the molecule is [Br-].[Fe+2].[O-]C(NCCC[n+]1ccn(-c2ccccn2)c1)=C1C=CC=C1.c1cc[cH-]c1. The van der Waals surface area contributed by atoms with Crippen LogP contribution in [0.25, 0.3) is 5.82 Å². The average Bonchev–Trinajstić information content (AvgIpc) is 3.49. The van der Waals surface area contributed by atoms with Crippen molar-refractivity contribution in [1.82, 2.24) is 14.9 Å². The van der Waals surface area contributed by atoms with E-state index < -0.39 is 0 Å². The minimum absolute atomic E-state index is 0. The number of nitrogens with one attached hydrogen (secondary N) is 1. The second-order valence-corrected chi connectivity index (χ2v) is 5.99. The standard InChI is InChI=1S/C17H18N4O.C5H5.BrH.Fe/c22-17(15-6-1-2-7-15)19-10-5-11-20-12-13-21(14-20)16-8-3-4-9-18-16;1-2-4-5-3-1;;/h1-4,6-9,12-14,19H,5,10-11H2;1-5H;1H;/q;-1;;+2/p-1. The summed E-state index contributed by atoms with van der Waals surface area (Å²) in [4.78, 5) is 4.30. The molecule has 0 amide bonds. The van der Waals surface area contributed by atoms with Crippen LogP contribution in [0.3, 0.4) is 0 Å². The van der Waals surface area contributed by atoms with Gasteiger partial charge in [0.2, 0.25) is 12.1 Å². The third-order valence-corrected chi connectivity index (χ3v) is 3.96. The number of hydrogen-bond donors (Lipinski definition) is 1. The summed E-state index contributed by atoms with van der Waals surface area (Å²) in [5.74, 6) is 0.881. The van der Waals surface area contributed by atoms with Crippen molar-refractivity contribution in [2.24, 2.45) is 0 Å². The maximum Gasteiger partial charge on any atom is 2.00 e. The molecule has 1 aliphatic carbocycles. The molecular formula is C22H23BrFeN4O. The summed E-state index contributed by atoms with van der Waals surface area (Å²) >= 11 is 0. The molecule has 7 heteroatoms. The number of allylic oxidation sites excluding steroid dienone is 5. The van der Waals surface area contributed by atoms with Gasteiger partial charge >= 0.3 is 17.1 Å². The van der Waals surface area contributed by atoms with Crippen molar-refractivity contribution in [2.45, 2.75) is 13.0 Å². The zero-order valence-electron chi connectivity index (χ0n) is 15.8. The van der Waals surface area contributed by atoms with Gasteiger partial charge in [0.25, 0.3) is 0 Å². The van der Waals surface area contributed by atoms with E-state index in [1.54, 1.807) is 6.20 Å². The minimum Gasteiger partial charge on any atom is -1.00 e. The molecule has 4 rings (SSSR count). The summed E-state index contributed by atoms with van der Waals surface area (Å²) in [5.41, 5.74) is 0.717. The van der Waals surface area contributed by atoms with Crippen LogP contribution in [-0.2, 0) is 23.6 Å². The van der Waals surface area contributed by atoms with Gasteiger partial charge in [0, 0.05) is 25.2 Å². The Morgan fingerprint density at radius 3 is 2.52 bits per heavy atom. The van der Waals surface area contributed by atoms with Crippen LogP contribution in [0, 0.1) is 0 Å². The molecule has 0 aliphatic heterocycles. The summed E-state index contributed by atoms with van der Waals surface area (Å²) in [7, 11) is 0. The smallest absolute Gasteiger partial charge is 1.00 e. The zero-order chi connectivity index (χ0) is 18.7. The van der Waals surface area contributed by atoms with E-state index in [0.717, 1.165) is 18.8 Å². The predicted molar refractivity (Wildman–Crippen MR) is 104 cm³/mol. The number of pyridine rings is 1. The van der Waals surface area contributed by atoms with Crippen LogP contribution in [0.2, 0.25) is 0 Å². The molecule has 2 heterocycles. The van der Waals surface area contributed by atoms with Crippen LogP contribution in [0.15, 0.2) is 109 Å². The van der Waals surface area contributed by atoms with E-state index in [-0.39, 0.29) is 39.9 Å². The van der Waals surface area contributed by atoms with Crippen LogP contribution >= 0.6 is 0 Å². The van der Waals surface area contributed by atoms with Gasteiger partial charge in [-0.05, 0) is 17.5 Å². The van der Waals surface area contributed by atoms with Gasteiger partial charge in [0.15, 0.2) is 0 Å². The van der Waals surface area contributed by atoms with Gasteiger partial charge < -0.3 is 27.4 Å². The summed E-state index contributed by atoms with van der Waals surface area (Å²) in [6, 6.07) is 15.8. The molecule has 5 nitrogen and oxygen atoms in total. The molecule has 0 atom stereocenters. The molecule has 0 saturated carbocycles. The van der Waals surface area contributed by atoms with Crippen LogP contribution in [0.5, 0.6) is 0 Å². The van der Waals surface area contributed by atoms with Crippen molar-refractivity contribution >= 4 is 0 Å². The minimum atomic E-state index is -0.0129. The average molecular weight is 495 g/mol. The Balaban J connectivity index is 0.000000527. The zero-order valence-corrected chi connectivity index (χ0v) is 18.5. The van der Waals surface area contributed by atoms with Crippen molar-refractivity contribution < 1.29 is 43.7 Å². The molecule has 0 spiro atoms. The number of hydrogen-bond acceptors (Lipinski definition) is 3. The van der Waals surface area contributed by atoms with Gasteiger partial charge in [-0.25, -0.2) is 21.7 Å². The van der Waals surface area contributed by atoms with Gasteiger partial charge in [-0.1, -0.05) is 30.4 Å². The summed E-state index contributed by atoms with van der Waals surface area (Å²) < 4.78 is 4.06.